The van der Waals surface area contributed by atoms with Crippen LogP contribution in [0.1, 0.15) is 5.69 Å². The Kier molecular flexibility index (Phi) is 1.18. The van der Waals surface area contributed by atoms with E-state index in [0.717, 1.165) is 11.1 Å². The van der Waals surface area contributed by atoms with E-state index in [1.807, 2.05) is 12.1 Å². The van der Waals surface area contributed by atoms with Crippen LogP contribution in [0.2, 0.25) is 0 Å². The van der Waals surface area contributed by atoms with Crippen LogP contribution in [-0.2, 0) is 0 Å². The van der Waals surface area contributed by atoms with Crippen molar-refractivity contribution in [3.05, 3.63) is 30.0 Å². The first-order chi connectivity index (χ1) is 5.29. The van der Waals surface area contributed by atoms with Crippen molar-refractivity contribution < 1.29 is 4.48 Å². The number of fused-ring (bicyclic) bond motifs is 1. The Balaban J connectivity index is 2.95. The molecule has 3 heteroatoms. The molecule has 0 aliphatic heterocycles. The molecule has 0 N–H and O–H groups in total. The average Bonchev–Trinajstić information content (AvgIpc) is 2.30. The minimum atomic E-state index is 0.407. The molecule has 0 saturated heterocycles. The predicted molar refractivity (Wildman–Crippen MR) is 41.0 cm³/mol. The van der Waals surface area contributed by atoms with Crippen molar-refractivity contribution in [2.75, 3.05) is 0 Å². The molecule has 56 valence electrons. The highest BCUT2D eigenvalue weighted by Gasteiger charge is 2.03. The maximum Gasteiger partial charge on any atom is 0.104 e. The molecule has 0 amide bonds. The van der Waals surface area contributed by atoms with Gasteiger partial charge in [0.25, 0.3) is 0 Å². The topological polar surface area (TPSA) is 17.8 Å². The minimum Gasteiger partial charge on any atom is -0.146 e. The van der Waals surface area contributed by atoms with Crippen molar-refractivity contribution in [3.63, 3.8) is 0 Å². The lowest BCUT2D eigenvalue weighted by Gasteiger charge is -1.86. The first-order valence-corrected chi connectivity index (χ1v) is 3.39. The molecule has 2 nitrogen and oxygen atoms in total. The van der Waals surface area contributed by atoms with Gasteiger partial charge in [0.1, 0.15) is 5.52 Å². The maximum atomic E-state index is 12.8. The summed E-state index contributed by atoms with van der Waals surface area (Å²) in [5.74, 6) is 0. The molecule has 1 heterocycles. The number of aromatic nitrogens is 2. The Morgan fingerprint density at radius 3 is 2.82 bits per heavy atom. The molecule has 2 aromatic rings. The second kappa shape index (κ2) is 2.05. The number of nitrogens with zero attached hydrogens (tertiary/aromatic N) is 2. The second-order valence-corrected chi connectivity index (χ2v) is 2.46. The van der Waals surface area contributed by atoms with Crippen LogP contribution in [0.3, 0.4) is 0 Å². The largest absolute Gasteiger partial charge is 0.146 e. The summed E-state index contributed by atoms with van der Waals surface area (Å²) in [5.41, 5.74) is 1.26. The molecule has 0 spiro atoms. The molecule has 0 aliphatic carbocycles. The van der Waals surface area contributed by atoms with Gasteiger partial charge in [-0.05, 0) is 13.0 Å². The Morgan fingerprint density at radius 1 is 1.36 bits per heavy atom. The summed E-state index contributed by atoms with van der Waals surface area (Å²) >= 11 is 0. The van der Waals surface area contributed by atoms with Crippen molar-refractivity contribution in [2.24, 2.45) is 0 Å². The highest BCUT2D eigenvalue weighted by atomic mass is 19.2. The molecule has 0 radical (unpaired) electrons. The van der Waals surface area contributed by atoms with Crippen molar-refractivity contribution in [1.82, 2.24) is 10.0 Å². The normalized spacial score (nSPS) is 10.7. The van der Waals surface area contributed by atoms with Gasteiger partial charge in [-0.25, -0.2) is 0 Å². The Morgan fingerprint density at radius 2 is 2.09 bits per heavy atom. The van der Waals surface area contributed by atoms with Crippen LogP contribution in [-0.4, -0.2) is 10.0 Å². The van der Waals surface area contributed by atoms with Gasteiger partial charge >= 0.3 is 0 Å². The third kappa shape index (κ3) is 0.808. The van der Waals surface area contributed by atoms with Gasteiger partial charge in [-0.2, -0.15) is 0 Å². The zero-order valence-electron chi connectivity index (χ0n) is 6.08. The van der Waals surface area contributed by atoms with E-state index in [-0.39, 0.29) is 0 Å². The lowest BCUT2D eigenvalue weighted by atomic mass is 10.2. The average molecular weight is 150 g/mol. The SMILES string of the molecule is Cc1nn(F)c2ccccc12. The quantitative estimate of drug-likeness (QED) is 0.562. The summed E-state index contributed by atoms with van der Waals surface area (Å²) in [6.45, 7) is 1.79. The fraction of sp³-hybridized carbons (Fsp3) is 0.125. The van der Waals surface area contributed by atoms with E-state index in [9.17, 15) is 4.48 Å². The number of hydrogen-bond donors (Lipinski definition) is 0. The monoisotopic (exact) mass is 150 g/mol. The number of benzene rings is 1. The molecule has 0 atom stereocenters. The fourth-order valence-electron chi connectivity index (χ4n) is 1.18. The van der Waals surface area contributed by atoms with Crippen molar-refractivity contribution >= 4 is 10.9 Å². The Bertz CT molecular complexity index is 356. The van der Waals surface area contributed by atoms with Crippen LogP contribution < -0.4 is 0 Å². The number of hydrogen-bond acceptors (Lipinski definition) is 1. The number of halogens is 1. The van der Waals surface area contributed by atoms with Gasteiger partial charge in [0.05, 0.1) is 5.69 Å². The lowest BCUT2D eigenvalue weighted by Crippen LogP contribution is -1.82. The first-order valence-electron chi connectivity index (χ1n) is 3.39. The Labute approximate surface area is 63.2 Å². The number of aryl methyl sites for hydroxylation is 1. The van der Waals surface area contributed by atoms with Gasteiger partial charge in [0, 0.05) is 5.39 Å². The summed E-state index contributed by atoms with van der Waals surface area (Å²) in [6.07, 6.45) is 0. The van der Waals surface area contributed by atoms with Gasteiger partial charge in [-0.1, -0.05) is 27.6 Å². The van der Waals surface area contributed by atoms with E-state index in [4.69, 9.17) is 0 Å². The van der Waals surface area contributed by atoms with E-state index in [2.05, 4.69) is 5.10 Å². The zero-order valence-corrected chi connectivity index (χ0v) is 6.08. The number of rotatable bonds is 0. The van der Waals surface area contributed by atoms with E-state index >= 15 is 0 Å². The van der Waals surface area contributed by atoms with E-state index < -0.39 is 0 Å². The molecule has 0 saturated carbocycles. The smallest absolute Gasteiger partial charge is 0.104 e. The van der Waals surface area contributed by atoms with Crippen molar-refractivity contribution in [1.29, 1.82) is 0 Å². The third-order valence-electron chi connectivity index (χ3n) is 1.73. The van der Waals surface area contributed by atoms with Crippen molar-refractivity contribution in [2.45, 2.75) is 6.92 Å². The highest BCUT2D eigenvalue weighted by Crippen LogP contribution is 2.16. The maximum absolute atomic E-state index is 12.8. The van der Waals surface area contributed by atoms with E-state index in [0.29, 0.717) is 10.4 Å². The zero-order chi connectivity index (χ0) is 7.84. The lowest BCUT2D eigenvalue weighted by molar-refractivity contribution is 0.330. The molecule has 0 fully saturated rings. The molecule has 0 bridgehead atoms. The molecule has 0 unspecified atom stereocenters. The van der Waals surface area contributed by atoms with Crippen LogP contribution in [0, 0.1) is 6.92 Å². The Hall–Kier alpha value is -1.38. The standard InChI is InChI=1S/C8H7FN2/c1-6-7-4-2-3-5-8(7)11(9)10-6/h2-5H,1H3. The first kappa shape index (κ1) is 6.34. The highest BCUT2D eigenvalue weighted by molar-refractivity contribution is 5.81. The van der Waals surface area contributed by atoms with Gasteiger partial charge in [0.15, 0.2) is 0 Å². The summed E-state index contributed by atoms with van der Waals surface area (Å²) in [7, 11) is 0. The second-order valence-electron chi connectivity index (χ2n) is 2.46. The molecule has 0 aliphatic rings. The van der Waals surface area contributed by atoms with Crippen LogP contribution in [0.4, 0.5) is 4.48 Å². The van der Waals surface area contributed by atoms with Crippen LogP contribution >= 0.6 is 0 Å². The molecule has 2 rings (SSSR count). The number of para-hydroxylation sites is 1. The predicted octanol–water partition coefficient (Wildman–Crippen LogP) is 2.08. The molecular weight excluding hydrogens is 143 g/mol. The molecule has 1 aromatic heterocycles. The fourth-order valence-corrected chi connectivity index (χ4v) is 1.18. The van der Waals surface area contributed by atoms with Gasteiger partial charge in [0.2, 0.25) is 0 Å². The van der Waals surface area contributed by atoms with Gasteiger partial charge < -0.3 is 0 Å². The van der Waals surface area contributed by atoms with Gasteiger partial charge in [-0.15, -0.1) is 5.10 Å². The summed E-state index contributed by atoms with van der Waals surface area (Å²) < 4.78 is 12.8. The summed E-state index contributed by atoms with van der Waals surface area (Å²) in [6, 6.07) is 7.22. The van der Waals surface area contributed by atoms with Gasteiger partial charge in [-0.3, -0.25) is 0 Å². The van der Waals surface area contributed by atoms with E-state index in [1.54, 1.807) is 19.1 Å². The van der Waals surface area contributed by atoms with Crippen molar-refractivity contribution in [3.8, 4) is 0 Å². The molecular formula is C8H7FN2. The summed E-state index contributed by atoms with van der Waals surface area (Å²) in [5, 5.41) is 4.51. The third-order valence-corrected chi connectivity index (χ3v) is 1.73. The molecule has 11 heavy (non-hydrogen) atoms. The van der Waals surface area contributed by atoms with E-state index in [1.165, 1.54) is 0 Å². The summed E-state index contributed by atoms with van der Waals surface area (Å²) in [4.78, 5) is 0.407. The van der Waals surface area contributed by atoms with Crippen LogP contribution in [0.5, 0.6) is 0 Å². The minimum absolute atomic E-state index is 0.407. The van der Waals surface area contributed by atoms with Crippen LogP contribution in [0.15, 0.2) is 24.3 Å². The van der Waals surface area contributed by atoms with Crippen LogP contribution in [0.25, 0.3) is 10.9 Å². The molecule has 1 aromatic carbocycles.